The summed E-state index contributed by atoms with van der Waals surface area (Å²) >= 11 is 0. The standard InChI is InChI=1S/C35H49N3O8S2Si/c1-8-37(9-2)26-15-18-29-32(23-26)46-33-24-27(38(10-3)11-4)16-19-30(33)35(29)31-20-17-28(25-34(31)48(41,42)43)47(39,40)36-21-14-22-49(7,44-12-5)45-13-6/h15-20,23-25,36H,8-14,21-22H2,1-7H3/p+1. The van der Waals surface area contributed by atoms with Crippen LogP contribution in [0.1, 0.15) is 48.0 Å². The Morgan fingerprint density at radius 3 is 2.10 bits per heavy atom. The molecule has 0 amide bonds. The van der Waals surface area contributed by atoms with Crippen LogP contribution in [-0.2, 0) is 29.0 Å². The van der Waals surface area contributed by atoms with E-state index in [9.17, 15) is 21.4 Å². The van der Waals surface area contributed by atoms with E-state index >= 15 is 0 Å². The fraction of sp³-hybridized carbons (Fsp3) is 0.457. The van der Waals surface area contributed by atoms with Crippen LogP contribution in [0.15, 0.2) is 68.8 Å². The summed E-state index contributed by atoms with van der Waals surface area (Å²) in [6, 6.07) is 15.9. The molecule has 0 spiro atoms. The summed E-state index contributed by atoms with van der Waals surface area (Å²) in [6.45, 7) is 18.3. The predicted molar refractivity (Wildman–Crippen MR) is 197 cm³/mol. The maximum Gasteiger partial charge on any atom is 0.334 e. The SMILES string of the molecule is CCO[Si](C)(CCCNS(=O)(=O)c1ccc(-c2c3ccc(=[N+](CC)CC)cc-3oc3cc(N(CC)CC)ccc23)c(S(=O)(=O)O)c1)OCC. The fourth-order valence-corrected chi connectivity index (χ4v) is 10.6. The summed E-state index contributed by atoms with van der Waals surface area (Å²) in [6.07, 6.45) is 0.474. The number of nitrogens with one attached hydrogen (secondary N) is 1. The van der Waals surface area contributed by atoms with E-state index < -0.39 is 33.6 Å². The van der Waals surface area contributed by atoms with Crippen molar-refractivity contribution in [2.24, 2.45) is 0 Å². The van der Waals surface area contributed by atoms with Crippen molar-refractivity contribution in [1.29, 1.82) is 0 Å². The first-order valence-electron chi connectivity index (χ1n) is 17.0. The molecule has 1 heterocycles. The molecule has 0 saturated heterocycles. The van der Waals surface area contributed by atoms with E-state index in [4.69, 9.17) is 13.3 Å². The Hall–Kier alpha value is -3.11. The van der Waals surface area contributed by atoms with Crippen molar-refractivity contribution in [1.82, 2.24) is 9.30 Å². The van der Waals surface area contributed by atoms with Gasteiger partial charge in [0.25, 0.3) is 10.1 Å². The molecule has 0 saturated carbocycles. The Kier molecular flexibility index (Phi) is 12.8. The normalized spacial score (nSPS) is 12.6. The van der Waals surface area contributed by atoms with Gasteiger partial charge in [0.15, 0.2) is 0 Å². The molecule has 1 aliphatic heterocycles. The molecule has 268 valence electrons. The number of hydrogen-bond donors (Lipinski definition) is 2. The van der Waals surface area contributed by atoms with Crippen LogP contribution in [0.4, 0.5) is 5.69 Å². The van der Waals surface area contributed by atoms with Gasteiger partial charge in [0.05, 0.1) is 11.0 Å². The molecule has 14 heteroatoms. The lowest BCUT2D eigenvalue weighted by molar-refractivity contribution is 0.188. The van der Waals surface area contributed by atoms with E-state index in [2.05, 4.69) is 41.9 Å². The van der Waals surface area contributed by atoms with Crippen LogP contribution in [0, 0.1) is 0 Å². The third-order valence-corrected chi connectivity index (χ3v) is 14.2. The first-order valence-corrected chi connectivity index (χ1v) is 22.4. The first kappa shape index (κ1) is 38.7. The fourth-order valence-electron chi connectivity index (χ4n) is 6.31. The highest BCUT2D eigenvalue weighted by atomic mass is 32.2. The largest absolute Gasteiger partial charge is 0.456 e. The van der Waals surface area contributed by atoms with E-state index in [1.54, 1.807) is 0 Å². The van der Waals surface area contributed by atoms with E-state index in [0.29, 0.717) is 53.5 Å². The smallest absolute Gasteiger partial charge is 0.334 e. The molecule has 11 nitrogen and oxygen atoms in total. The van der Waals surface area contributed by atoms with Crippen molar-refractivity contribution in [2.45, 2.75) is 70.3 Å². The van der Waals surface area contributed by atoms with Gasteiger partial charge in [-0.15, -0.1) is 0 Å². The quantitative estimate of drug-likeness (QED) is 0.0445. The minimum Gasteiger partial charge on any atom is -0.456 e. The molecule has 2 aromatic rings. The summed E-state index contributed by atoms with van der Waals surface area (Å²) < 4.78 is 86.3. The molecule has 0 radical (unpaired) electrons. The van der Waals surface area contributed by atoms with Gasteiger partial charge in [0.1, 0.15) is 29.3 Å². The molecule has 0 atom stereocenters. The molecule has 49 heavy (non-hydrogen) atoms. The van der Waals surface area contributed by atoms with Gasteiger partial charge in [-0.3, -0.25) is 4.55 Å². The highest BCUT2D eigenvalue weighted by Gasteiger charge is 2.31. The second-order valence-electron chi connectivity index (χ2n) is 11.8. The molecular weight excluding hydrogens is 683 g/mol. The Balaban J connectivity index is 1.87. The van der Waals surface area contributed by atoms with Gasteiger partial charge in [0.2, 0.25) is 15.4 Å². The monoisotopic (exact) mass is 732 g/mol. The molecule has 4 rings (SSSR count). The van der Waals surface area contributed by atoms with Gasteiger partial charge in [-0.1, -0.05) is 6.07 Å². The predicted octanol–water partition coefficient (Wildman–Crippen LogP) is 5.92. The zero-order chi connectivity index (χ0) is 36.0. The van der Waals surface area contributed by atoms with Crippen molar-refractivity contribution >= 4 is 45.4 Å². The van der Waals surface area contributed by atoms with Crippen LogP contribution in [0.3, 0.4) is 0 Å². The highest BCUT2D eigenvalue weighted by Crippen LogP contribution is 2.43. The lowest BCUT2D eigenvalue weighted by Gasteiger charge is -2.25. The molecule has 1 aliphatic carbocycles. The summed E-state index contributed by atoms with van der Waals surface area (Å²) in [5, 5.41) is 1.56. The zero-order valence-corrected chi connectivity index (χ0v) is 32.2. The molecule has 2 aliphatic rings. The highest BCUT2D eigenvalue weighted by molar-refractivity contribution is 7.89. The average molecular weight is 733 g/mol. The van der Waals surface area contributed by atoms with E-state index in [-0.39, 0.29) is 17.0 Å². The second kappa shape index (κ2) is 16.3. The van der Waals surface area contributed by atoms with Crippen LogP contribution < -0.4 is 19.6 Å². The van der Waals surface area contributed by atoms with Crippen LogP contribution in [0.25, 0.3) is 33.4 Å². The molecule has 0 aromatic heterocycles. The maximum atomic E-state index is 13.4. The van der Waals surface area contributed by atoms with Crippen LogP contribution in [0.5, 0.6) is 0 Å². The van der Waals surface area contributed by atoms with E-state index in [0.717, 1.165) is 43.3 Å². The molecule has 2 aromatic carbocycles. The summed E-state index contributed by atoms with van der Waals surface area (Å²) in [5.41, 5.74) is 2.76. The van der Waals surface area contributed by atoms with Crippen molar-refractivity contribution in [3.8, 4) is 22.5 Å². The van der Waals surface area contributed by atoms with Gasteiger partial charge < -0.3 is 18.2 Å². The van der Waals surface area contributed by atoms with Gasteiger partial charge in [-0.2, -0.15) is 8.42 Å². The Labute approximate surface area is 292 Å². The molecule has 0 bridgehead atoms. The zero-order valence-electron chi connectivity index (χ0n) is 29.6. The van der Waals surface area contributed by atoms with E-state index in [1.807, 2.05) is 56.8 Å². The van der Waals surface area contributed by atoms with Crippen LogP contribution in [0.2, 0.25) is 12.6 Å². The van der Waals surface area contributed by atoms with Crippen molar-refractivity contribution in [2.75, 3.05) is 50.8 Å². The van der Waals surface area contributed by atoms with Crippen molar-refractivity contribution in [3.05, 3.63) is 60.0 Å². The number of rotatable bonds is 17. The van der Waals surface area contributed by atoms with Gasteiger partial charge in [-0.25, -0.2) is 17.7 Å². The third-order valence-electron chi connectivity index (χ3n) is 8.76. The van der Waals surface area contributed by atoms with Gasteiger partial charge in [0, 0.05) is 72.7 Å². The Morgan fingerprint density at radius 2 is 1.51 bits per heavy atom. The first-order chi connectivity index (χ1) is 23.2. The summed E-state index contributed by atoms with van der Waals surface area (Å²) in [5.74, 6) is 0.526. The molecule has 2 N–H and O–H groups in total. The topological polar surface area (TPSA) is 138 Å². The number of sulfonamides is 1. The maximum absolute atomic E-state index is 13.4. The number of nitrogens with zero attached hydrogens (tertiary/aromatic N) is 2. The lowest BCUT2D eigenvalue weighted by Crippen LogP contribution is -2.39. The Morgan fingerprint density at radius 1 is 0.857 bits per heavy atom. The van der Waals surface area contributed by atoms with Crippen LogP contribution in [-0.4, -0.2) is 75.9 Å². The number of anilines is 1. The molecule has 0 fully saturated rings. The minimum atomic E-state index is -4.88. The average Bonchev–Trinajstić information content (AvgIpc) is 3.06. The number of benzene rings is 3. The summed E-state index contributed by atoms with van der Waals surface area (Å²) in [7, 11) is -11.5. The van der Waals surface area contributed by atoms with Crippen molar-refractivity contribution < 1.29 is 34.7 Å². The van der Waals surface area contributed by atoms with Crippen LogP contribution >= 0.6 is 0 Å². The van der Waals surface area contributed by atoms with Crippen molar-refractivity contribution in [3.63, 3.8) is 0 Å². The number of fused-ring (bicyclic) bond motifs is 2. The summed E-state index contributed by atoms with van der Waals surface area (Å²) in [4.78, 5) is 1.38. The van der Waals surface area contributed by atoms with Gasteiger partial charge >= 0.3 is 8.56 Å². The third kappa shape index (κ3) is 8.80. The lowest BCUT2D eigenvalue weighted by atomic mass is 9.93. The molecule has 0 unspecified atom stereocenters. The van der Waals surface area contributed by atoms with E-state index in [1.165, 1.54) is 12.1 Å². The Bertz CT molecular complexity index is 2010. The minimum absolute atomic E-state index is 0.104. The molecular formula is C35H50N3O8S2Si+. The van der Waals surface area contributed by atoms with Gasteiger partial charge in [-0.05, 0) is 90.9 Å². The number of hydrogen-bond acceptors (Lipinski definition) is 8. The second-order valence-corrected chi connectivity index (χ2v) is 18.3.